The molecule has 0 saturated carbocycles. The van der Waals surface area contributed by atoms with E-state index in [1.807, 2.05) is 54.6 Å². The standard InChI is InChI=1S/C30H31FN4O2S/c1-2-3-4-6-9-21-12-14-23(15-13-21)27(36)32-26(20-22-10-7-5-8-11-22)28(37)33-30-35-34-29(38-30)24-16-18-25(31)19-17-24/h5,7-8,10-19,26H,2-4,6,9,20H2,1H3,(H,32,36)(H,33,35,37)/t26-/m1/s1. The number of nitrogens with one attached hydrogen (secondary N) is 2. The predicted octanol–water partition coefficient (Wildman–Crippen LogP) is 6.45. The average molecular weight is 531 g/mol. The predicted molar refractivity (Wildman–Crippen MR) is 150 cm³/mol. The van der Waals surface area contributed by atoms with Crippen LogP contribution in [-0.2, 0) is 17.6 Å². The molecule has 0 saturated heterocycles. The van der Waals surface area contributed by atoms with E-state index in [4.69, 9.17) is 0 Å². The number of carbonyl (C=O) groups excluding carboxylic acids is 2. The van der Waals surface area contributed by atoms with Gasteiger partial charge in [-0.05, 0) is 60.4 Å². The second-order valence-electron chi connectivity index (χ2n) is 9.13. The Morgan fingerprint density at radius 1 is 0.868 bits per heavy atom. The highest BCUT2D eigenvalue weighted by atomic mass is 32.1. The van der Waals surface area contributed by atoms with E-state index in [0.29, 0.717) is 27.7 Å². The third-order valence-corrected chi connectivity index (χ3v) is 7.07. The van der Waals surface area contributed by atoms with Crippen molar-refractivity contribution in [1.82, 2.24) is 15.5 Å². The summed E-state index contributed by atoms with van der Waals surface area (Å²) in [6, 6.07) is 22.2. The smallest absolute Gasteiger partial charge is 0.251 e. The van der Waals surface area contributed by atoms with Gasteiger partial charge in [0, 0.05) is 17.5 Å². The summed E-state index contributed by atoms with van der Waals surface area (Å²) in [5.41, 5.74) is 3.32. The Morgan fingerprint density at radius 3 is 2.32 bits per heavy atom. The first kappa shape index (κ1) is 27.1. The molecule has 0 fully saturated rings. The molecule has 38 heavy (non-hydrogen) atoms. The van der Waals surface area contributed by atoms with Crippen molar-refractivity contribution < 1.29 is 14.0 Å². The molecule has 1 aromatic heterocycles. The fourth-order valence-corrected chi connectivity index (χ4v) is 4.81. The minimum atomic E-state index is -0.822. The number of aryl methyl sites for hydroxylation is 1. The van der Waals surface area contributed by atoms with Crippen molar-refractivity contribution in [1.29, 1.82) is 0 Å². The van der Waals surface area contributed by atoms with E-state index in [1.54, 1.807) is 12.1 Å². The van der Waals surface area contributed by atoms with Crippen LogP contribution in [0.3, 0.4) is 0 Å². The topological polar surface area (TPSA) is 84.0 Å². The van der Waals surface area contributed by atoms with E-state index in [0.717, 1.165) is 18.4 Å². The number of halogens is 1. The molecule has 3 aromatic carbocycles. The molecule has 0 aliphatic rings. The second-order valence-corrected chi connectivity index (χ2v) is 10.1. The van der Waals surface area contributed by atoms with Crippen LogP contribution in [0.2, 0.25) is 0 Å². The van der Waals surface area contributed by atoms with Gasteiger partial charge >= 0.3 is 0 Å². The van der Waals surface area contributed by atoms with E-state index in [2.05, 4.69) is 27.8 Å². The van der Waals surface area contributed by atoms with E-state index >= 15 is 0 Å². The molecule has 8 heteroatoms. The van der Waals surface area contributed by atoms with Crippen molar-refractivity contribution in [2.45, 2.75) is 51.5 Å². The van der Waals surface area contributed by atoms with Crippen LogP contribution in [0, 0.1) is 5.82 Å². The molecule has 0 radical (unpaired) electrons. The summed E-state index contributed by atoms with van der Waals surface area (Å²) >= 11 is 1.18. The van der Waals surface area contributed by atoms with Crippen molar-refractivity contribution >= 4 is 28.3 Å². The monoisotopic (exact) mass is 530 g/mol. The highest BCUT2D eigenvalue weighted by molar-refractivity contribution is 7.18. The molecule has 4 aromatic rings. The highest BCUT2D eigenvalue weighted by Gasteiger charge is 2.23. The van der Waals surface area contributed by atoms with Gasteiger partial charge in [-0.2, -0.15) is 0 Å². The summed E-state index contributed by atoms with van der Waals surface area (Å²) in [5, 5.41) is 14.7. The Hall–Kier alpha value is -3.91. The second kappa shape index (κ2) is 13.6. The van der Waals surface area contributed by atoms with Crippen LogP contribution in [0.1, 0.15) is 54.1 Å². The number of anilines is 1. The largest absolute Gasteiger partial charge is 0.340 e. The molecule has 4 rings (SSSR count). The quantitative estimate of drug-likeness (QED) is 0.206. The van der Waals surface area contributed by atoms with Crippen molar-refractivity contribution in [3.63, 3.8) is 0 Å². The molecule has 0 aliphatic heterocycles. The Bertz CT molecular complexity index is 1320. The molecule has 1 atom stereocenters. The maximum absolute atomic E-state index is 13.3. The van der Waals surface area contributed by atoms with Crippen LogP contribution < -0.4 is 10.6 Å². The average Bonchev–Trinajstić information content (AvgIpc) is 3.40. The first-order valence-corrected chi connectivity index (χ1v) is 13.7. The minimum absolute atomic E-state index is 0.300. The number of nitrogens with zero attached hydrogens (tertiary/aromatic N) is 2. The van der Waals surface area contributed by atoms with Crippen LogP contribution in [-0.4, -0.2) is 28.1 Å². The van der Waals surface area contributed by atoms with Crippen LogP contribution in [0.4, 0.5) is 9.52 Å². The summed E-state index contributed by atoms with van der Waals surface area (Å²) in [4.78, 5) is 26.3. The zero-order chi connectivity index (χ0) is 26.7. The molecule has 2 N–H and O–H groups in total. The van der Waals surface area contributed by atoms with E-state index in [-0.39, 0.29) is 11.7 Å². The van der Waals surface area contributed by atoms with Gasteiger partial charge in [0.2, 0.25) is 11.0 Å². The van der Waals surface area contributed by atoms with Crippen LogP contribution in [0.25, 0.3) is 10.6 Å². The Morgan fingerprint density at radius 2 is 1.61 bits per heavy atom. The highest BCUT2D eigenvalue weighted by Crippen LogP contribution is 2.26. The molecule has 0 aliphatic carbocycles. The Balaban J connectivity index is 1.43. The van der Waals surface area contributed by atoms with E-state index in [9.17, 15) is 14.0 Å². The van der Waals surface area contributed by atoms with E-state index in [1.165, 1.54) is 48.3 Å². The van der Waals surface area contributed by atoms with Gasteiger partial charge in [-0.25, -0.2) is 4.39 Å². The zero-order valence-corrected chi connectivity index (χ0v) is 22.1. The SMILES string of the molecule is CCCCCCc1ccc(C(=O)N[C@H](Cc2ccccc2)C(=O)Nc2nnc(-c3ccc(F)cc3)s2)cc1. The molecular weight excluding hydrogens is 499 g/mol. The summed E-state index contributed by atoms with van der Waals surface area (Å²) in [6.07, 6.45) is 6.07. The number of benzene rings is 3. The summed E-state index contributed by atoms with van der Waals surface area (Å²) in [5.74, 6) is -1.05. The number of amides is 2. The number of unbranched alkanes of at least 4 members (excludes halogenated alkanes) is 3. The third kappa shape index (κ3) is 7.79. The number of aromatic nitrogens is 2. The van der Waals surface area contributed by atoms with Gasteiger partial charge in [0.05, 0.1) is 0 Å². The number of hydrogen-bond acceptors (Lipinski definition) is 5. The van der Waals surface area contributed by atoms with Gasteiger partial charge < -0.3 is 5.32 Å². The van der Waals surface area contributed by atoms with Crippen LogP contribution in [0.5, 0.6) is 0 Å². The normalized spacial score (nSPS) is 11.6. The van der Waals surface area contributed by atoms with Gasteiger partial charge in [0.15, 0.2) is 0 Å². The minimum Gasteiger partial charge on any atom is -0.340 e. The lowest BCUT2D eigenvalue weighted by Gasteiger charge is -2.18. The van der Waals surface area contributed by atoms with Gasteiger partial charge in [-0.15, -0.1) is 10.2 Å². The number of rotatable bonds is 12. The summed E-state index contributed by atoms with van der Waals surface area (Å²) < 4.78 is 13.2. The Labute approximate surface area is 226 Å². The fourth-order valence-electron chi connectivity index (χ4n) is 4.05. The van der Waals surface area contributed by atoms with E-state index < -0.39 is 11.9 Å². The molecule has 0 unspecified atom stereocenters. The molecule has 196 valence electrons. The first-order valence-electron chi connectivity index (χ1n) is 12.9. The summed E-state index contributed by atoms with van der Waals surface area (Å²) in [7, 11) is 0. The first-order chi connectivity index (χ1) is 18.5. The van der Waals surface area contributed by atoms with Gasteiger partial charge in [0.25, 0.3) is 5.91 Å². The zero-order valence-electron chi connectivity index (χ0n) is 21.3. The molecule has 0 spiro atoms. The van der Waals surface area contributed by atoms with Gasteiger partial charge in [-0.3, -0.25) is 14.9 Å². The van der Waals surface area contributed by atoms with Crippen LogP contribution >= 0.6 is 11.3 Å². The lowest BCUT2D eigenvalue weighted by Crippen LogP contribution is -2.45. The molecule has 2 amide bonds. The number of carbonyl (C=O) groups is 2. The van der Waals surface area contributed by atoms with Crippen molar-refractivity contribution in [3.8, 4) is 10.6 Å². The van der Waals surface area contributed by atoms with Gasteiger partial charge in [-0.1, -0.05) is 80.0 Å². The van der Waals surface area contributed by atoms with Gasteiger partial charge in [0.1, 0.15) is 16.9 Å². The van der Waals surface area contributed by atoms with Crippen molar-refractivity contribution in [3.05, 3.63) is 101 Å². The van der Waals surface area contributed by atoms with Crippen molar-refractivity contribution in [2.24, 2.45) is 0 Å². The number of hydrogen-bond donors (Lipinski definition) is 2. The molecule has 0 bridgehead atoms. The summed E-state index contributed by atoms with van der Waals surface area (Å²) in [6.45, 7) is 2.19. The van der Waals surface area contributed by atoms with Crippen LogP contribution in [0.15, 0.2) is 78.9 Å². The third-order valence-electron chi connectivity index (χ3n) is 6.19. The Kier molecular flexibility index (Phi) is 9.70. The lowest BCUT2D eigenvalue weighted by molar-refractivity contribution is -0.118. The lowest BCUT2D eigenvalue weighted by atomic mass is 10.0. The fraction of sp³-hybridized carbons (Fsp3) is 0.267. The van der Waals surface area contributed by atoms with Crippen molar-refractivity contribution in [2.75, 3.05) is 5.32 Å². The maximum Gasteiger partial charge on any atom is 0.251 e. The molecular formula is C30H31FN4O2S. The molecule has 6 nitrogen and oxygen atoms in total. The maximum atomic E-state index is 13.3. The molecule has 1 heterocycles.